The number of benzene rings is 2. The van der Waals surface area contributed by atoms with E-state index in [4.69, 9.17) is 11.6 Å². The van der Waals surface area contributed by atoms with Gasteiger partial charge in [0, 0.05) is 11.4 Å². The van der Waals surface area contributed by atoms with Crippen LogP contribution in [0.15, 0.2) is 66.7 Å². The van der Waals surface area contributed by atoms with Gasteiger partial charge in [0.25, 0.3) is 0 Å². The van der Waals surface area contributed by atoms with Crippen molar-refractivity contribution in [1.82, 2.24) is 0 Å². The molecule has 0 spiro atoms. The molecule has 0 fully saturated rings. The predicted molar refractivity (Wildman–Crippen MR) is 96.5 cm³/mol. The van der Waals surface area contributed by atoms with E-state index in [2.05, 4.69) is 6.92 Å². The second-order valence-electron chi connectivity index (χ2n) is 4.87. The van der Waals surface area contributed by atoms with Crippen LogP contribution in [0.5, 0.6) is 0 Å². The van der Waals surface area contributed by atoms with Crippen molar-refractivity contribution in [3.05, 3.63) is 77.9 Å². The summed E-state index contributed by atoms with van der Waals surface area (Å²) in [5.74, 6) is 0.859. The number of halogens is 1. The number of hydrogen-bond donors (Lipinski definition) is 0. The molecule has 1 nitrogen and oxygen atoms in total. The molecule has 0 aliphatic rings. The second-order valence-corrected chi connectivity index (χ2v) is 5.25. The lowest BCUT2D eigenvalue weighted by Crippen LogP contribution is -1.92. The lowest BCUT2D eigenvalue weighted by Gasteiger charge is -1.94. The molecule has 22 heavy (non-hydrogen) atoms. The number of ketones is 1. The van der Waals surface area contributed by atoms with E-state index in [1.54, 1.807) is 6.08 Å². The Kier molecular flexibility index (Phi) is 9.73. The summed E-state index contributed by atoms with van der Waals surface area (Å²) >= 11 is 5.38. The number of carbonyl (C=O) groups excluding carboxylic acids is 1. The molecule has 2 aromatic rings. The molecule has 0 unspecified atom stereocenters. The molecule has 0 N–H and O–H groups in total. The topological polar surface area (TPSA) is 17.1 Å². The molecule has 0 bridgehead atoms. The highest BCUT2D eigenvalue weighted by Gasteiger charge is 1.98. The Balaban J connectivity index is 0.000000346. The fourth-order valence-corrected chi connectivity index (χ4v) is 1.97. The van der Waals surface area contributed by atoms with Gasteiger partial charge in [0.15, 0.2) is 5.78 Å². The van der Waals surface area contributed by atoms with Crippen molar-refractivity contribution in [3.8, 4) is 0 Å². The van der Waals surface area contributed by atoms with Gasteiger partial charge in [-0.15, -0.1) is 11.6 Å². The Morgan fingerprint density at radius 2 is 1.55 bits per heavy atom. The van der Waals surface area contributed by atoms with E-state index >= 15 is 0 Å². The minimum absolute atomic E-state index is 0.0319. The SMILES string of the molecule is CCCCCCl.O=C(C=Cc1ccccc1)c1ccccc1. The number of rotatable bonds is 6. The molecule has 0 atom stereocenters. The van der Waals surface area contributed by atoms with E-state index in [0.29, 0.717) is 0 Å². The largest absolute Gasteiger partial charge is 0.289 e. The van der Waals surface area contributed by atoms with Crippen LogP contribution in [0, 0.1) is 0 Å². The highest BCUT2D eigenvalue weighted by molar-refractivity contribution is 6.17. The van der Waals surface area contributed by atoms with Crippen molar-refractivity contribution >= 4 is 23.5 Å². The number of hydrogen-bond acceptors (Lipinski definition) is 1. The van der Waals surface area contributed by atoms with Crippen LogP contribution in [0.1, 0.15) is 42.1 Å². The molecule has 0 amide bonds. The number of unbranched alkanes of at least 4 members (excludes halogenated alkanes) is 2. The lowest BCUT2D eigenvalue weighted by atomic mass is 10.1. The van der Waals surface area contributed by atoms with Crippen molar-refractivity contribution in [2.75, 3.05) is 5.88 Å². The van der Waals surface area contributed by atoms with Gasteiger partial charge >= 0.3 is 0 Å². The minimum atomic E-state index is 0.0319. The zero-order valence-electron chi connectivity index (χ0n) is 13.0. The monoisotopic (exact) mass is 314 g/mol. The van der Waals surface area contributed by atoms with Crippen LogP contribution in [0.3, 0.4) is 0 Å². The smallest absolute Gasteiger partial charge is 0.185 e. The molecule has 0 aromatic heterocycles. The summed E-state index contributed by atoms with van der Waals surface area (Å²) in [5.41, 5.74) is 1.75. The molecule has 2 heteroatoms. The Bertz CT molecular complexity index is 542. The third-order valence-corrected chi connectivity index (χ3v) is 3.29. The van der Waals surface area contributed by atoms with Crippen LogP contribution >= 0.6 is 11.6 Å². The van der Waals surface area contributed by atoms with Crippen LogP contribution in [0.25, 0.3) is 6.08 Å². The number of carbonyl (C=O) groups is 1. The molecular weight excluding hydrogens is 292 g/mol. The summed E-state index contributed by atoms with van der Waals surface area (Å²) < 4.78 is 0. The summed E-state index contributed by atoms with van der Waals surface area (Å²) in [6.07, 6.45) is 7.16. The molecule has 0 heterocycles. The zero-order chi connectivity index (χ0) is 16.0. The average molecular weight is 315 g/mol. The third kappa shape index (κ3) is 7.80. The first kappa shape index (κ1) is 18.2. The van der Waals surface area contributed by atoms with Gasteiger partial charge in [-0.2, -0.15) is 0 Å². The molecule has 0 radical (unpaired) electrons. The molecule has 0 aliphatic heterocycles. The maximum absolute atomic E-state index is 11.7. The van der Waals surface area contributed by atoms with E-state index in [-0.39, 0.29) is 5.78 Å². The molecule has 2 aromatic carbocycles. The zero-order valence-corrected chi connectivity index (χ0v) is 13.8. The normalized spacial score (nSPS) is 10.1. The van der Waals surface area contributed by atoms with Gasteiger partial charge in [0.2, 0.25) is 0 Å². The predicted octanol–water partition coefficient (Wildman–Crippen LogP) is 6.00. The summed E-state index contributed by atoms with van der Waals surface area (Å²) in [4.78, 5) is 11.7. The molecule has 0 aliphatic carbocycles. The van der Waals surface area contributed by atoms with Gasteiger partial charge in [0.05, 0.1) is 0 Å². The first-order chi connectivity index (χ1) is 10.8. The molecule has 116 valence electrons. The van der Waals surface area contributed by atoms with Crippen molar-refractivity contribution in [1.29, 1.82) is 0 Å². The van der Waals surface area contributed by atoms with E-state index in [1.807, 2.05) is 66.7 Å². The maximum atomic E-state index is 11.7. The summed E-state index contributed by atoms with van der Waals surface area (Å²) in [6, 6.07) is 19.1. The fourth-order valence-electron chi connectivity index (χ4n) is 1.78. The summed E-state index contributed by atoms with van der Waals surface area (Å²) in [7, 11) is 0. The van der Waals surface area contributed by atoms with Gasteiger partial charge in [0.1, 0.15) is 0 Å². The number of alkyl halides is 1. The third-order valence-electron chi connectivity index (χ3n) is 3.02. The van der Waals surface area contributed by atoms with Crippen molar-refractivity contribution < 1.29 is 4.79 Å². The molecular formula is C20H23ClO. The van der Waals surface area contributed by atoms with Crippen molar-refractivity contribution in [2.45, 2.75) is 26.2 Å². The average Bonchev–Trinajstić information content (AvgIpc) is 2.60. The lowest BCUT2D eigenvalue weighted by molar-refractivity contribution is 0.104. The standard InChI is InChI=1S/C15H12O.C5H11Cl/c16-15(14-9-5-2-6-10-14)12-11-13-7-3-1-4-8-13;1-2-3-4-5-6/h1-12H;2-5H2,1H3. The van der Waals surface area contributed by atoms with Gasteiger partial charge in [-0.05, 0) is 18.1 Å². The fraction of sp³-hybridized carbons (Fsp3) is 0.250. The Morgan fingerprint density at radius 3 is 2.05 bits per heavy atom. The maximum Gasteiger partial charge on any atom is 0.185 e. The first-order valence-electron chi connectivity index (χ1n) is 7.66. The molecule has 2 rings (SSSR count). The van der Waals surface area contributed by atoms with E-state index in [9.17, 15) is 4.79 Å². The quantitative estimate of drug-likeness (QED) is 0.277. The van der Waals surface area contributed by atoms with Crippen LogP contribution in [0.4, 0.5) is 0 Å². The van der Waals surface area contributed by atoms with E-state index < -0.39 is 0 Å². The van der Waals surface area contributed by atoms with Crippen LogP contribution in [-0.4, -0.2) is 11.7 Å². The van der Waals surface area contributed by atoms with Crippen LogP contribution in [-0.2, 0) is 0 Å². The molecule has 0 saturated heterocycles. The number of allylic oxidation sites excluding steroid dienone is 1. The van der Waals surface area contributed by atoms with Gasteiger partial charge in [-0.25, -0.2) is 0 Å². The van der Waals surface area contributed by atoms with E-state index in [0.717, 1.165) is 17.0 Å². The second kappa shape index (κ2) is 11.8. The highest BCUT2D eigenvalue weighted by Crippen LogP contribution is 2.05. The van der Waals surface area contributed by atoms with Gasteiger partial charge < -0.3 is 0 Å². The Morgan fingerprint density at radius 1 is 0.955 bits per heavy atom. The van der Waals surface area contributed by atoms with Gasteiger partial charge in [-0.3, -0.25) is 4.79 Å². The summed E-state index contributed by atoms with van der Waals surface area (Å²) in [6.45, 7) is 2.17. The van der Waals surface area contributed by atoms with Crippen LogP contribution in [0.2, 0.25) is 0 Å². The van der Waals surface area contributed by atoms with E-state index in [1.165, 1.54) is 19.3 Å². The first-order valence-corrected chi connectivity index (χ1v) is 8.20. The highest BCUT2D eigenvalue weighted by atomic mass is 35.5. The van der Waals surface area contributed by atoms with Crippen LogP contribution < -0.4 is 0 Å². The minimum Gasteiger partial charge on any atom is -0.289 e. The van der Waals surface area contributed by atoms with Crippen molar-refractivity contribution in [3.63, 3.8) is 0 Å². The van der Waals surface area contributed by atoms with Gasteiger partial charge in [-0.1, -0.05) is 86.5 Å². The Labute approximate surface area is 138 Å². The Hall–Kier alpha value is -1.86. The van der Waals surface area contributed by atoms with Crippen molar-refractivity contribution in [2.24, 2.45) is 0 Å². The molecule has 0 saturated carbocycles. The summed E-state index contributed by atoms with van der Waals surface area (Å²) in [5, 5.41) is 0.